The van der Waals surface area contributed by atoms with Crippen molar-refractivity contribution >= 4 is 54.6 Å². The monoisotopic (exact) mass is 584 g/mol. The molecule has 3 atom stereocenters. The molecule has 206 valence electrons. The lowest BCUT2D eigenvalue weighted by Gasteiger charge is -2.53. The number of amidine groups is 1. The zero-order valence-electron chi connectivity index (χ0n) is 22.8. The maximum Gasteiger partial charge on any atom is 0.259 e. The number of benzene rings is 2. The van der Waals surface area contributed by atoms with Crippen molar-refractivity contribution in [1.29, 1.82) is 0 Å². The van der Waals surface area contributed by atoms with E-state index in [1.165, 1.54) is 0 Å². The Kier molecular flexibility index (Phi) is 7.43. The molecule has 1 N–H and O–H groups in total. The van der Waals surface area contributed by atoms with Gasteiger partial charge in [0.05, 0.1) is 11.7 Å². The third-order valence-electron chi connectivity index (χ3n) is 7.86. The van der Waals surface area contributed by atoms with Crippen LogP contribution in [0.4, 0.5) is 5.69 Å². The number of anilines is 1. The van der Waals surface area contributed by atoms with Gasteiger partial charge in [0, 0.05) is 37.1 Å². The Labute approximate surface area is 240 Å². The SMILES string of the molecule is C=C(C)[C@H]1N2CC(=O)NN=C2C[C@@H](c2cccc(Cl)c2)[C@]12C(=O)N(COCC[Si](C)(C)C)c1cc(Cl)ccc12. The van der Waals surface area contributed by atoms with Gasteiger partial charge >= 0.3 is 0 Å². The largest absolute Gasteiger partial charge is 0.361 e. The van der Waals surface area contributed by atoms with E-state index in [2.05, 4.69) is 36.7 Å². The number of hydrogen-bond acceptors (Lipinski definition) is 5. The van der Waals surface area contributed by atoms with Crippen molar-refractivity contribution in [2.45, 2.75) is 56.4 Å². The third-order valence-corrected chi connectivity index (χ3v) is 10.0. The Morgan fingerprint density at radius 1 is 1.18 bits per heavy atom. The highest BCUT2D eigenvalue weighted by molar-refractivity contribution is 6.76. The molecule has 3 aliphatic heterocycles. The first-order valence-corrected chi connectivity index (χ1v) is 17.6. The molecule has 5 rings (SSSR count). The van der Waals surface area contributed by atoms with Crippen LogP contribution in [0.5, 0.6) is 0 Å². The third kappa shape index (κ3) is 4.92. The number of hydrazone groups is 1. The van der Waals surface area contributed by atoms with Crippen LogP contribution >= 0.6 is 23.2 Å². The van der Waals surface area contributed by atoms with E-state index in [9.17, 15) is 9.59 Å². The second kappa shape index (κ2) is 10.4. The molecular formula is C29H34Cl2N4O3Si. The lowest BCUT2D eigenvalue weighted by Crippen LogP contribution is -2.67. The van der Waals surface area contributed by atoms with Gasteiger partial charge in [-0.25, -0.2) is 5.43 Å². The van der Waals surface area contributed by atoms with Crippen LogP contribution < -0.4 is 10.3 Å². The Balaban J connectivity index is 1.70. The van der Waals surface area contributed by atoms with Gasteiger partial charge in [0.25, 0.3) is 5.91 Å². The van der Waals surface area contributed by atoms with Crippen LogP contribution in [0.3, 0.4) is 0 Å². The minimum atomic E-state index is -1.31. The molecule has 1 fully saturated rings. The van der Waals surface area contributed by atoms with E-state index in [0.717, 1.165) is 28.4 Å². The van der Waals surface area contributed by atoms with Crippen LogP contribution in [0.25, 0.3) is 0 Å². The number of amides is 2. The molecule has 0 aromatic heterocycles. The summed E-state index contributed by atoms with van der Waals surface area (Å²) >= 11 is 13.0. The number of carbonyl (C=O) groups is 2. The Morgan fingerprint density at radius 3 is 2.62 bits per heavy atom. The Hall–Kier alpha value is -2.65. The first kappa shape index (κ1) is 27.9. The molecule has 0 bridgehead atoms. The highest BCUT2D eigenvalue weighted by Crippen LogP contribution is 2.58. The average Bonchev–Trinajstić information content (AvgIpc) is 3.08. The van der Waals surface area contributed by atoms with E-state index in [4.69, 9.17) is 27.9 Å². The lowest BCUT2D eigenvalue weighted by atomic mass is 9.58. The summed E-state index contributed by atoms with van der Waals surface area (Å²) in [6.45, 7) is 13.9. The van der Waals surface area contributed by atoms with Gasteiger partial charge < -0.3 is 9.64 Å². The number of carbonyl (C=O) groups excluding carboxylic acids is 2. The summed E-state index contributed by atoms with van der Waals surface area (Å²) in [5.74, 6) is 0.0547. The van der Waals surface area contributed by atoms with E-state index >= 15 is 0 Å². The summed E-state index contributed by atoms with van der Waals surface area (Å²) in [5, 5.41) is 5.54. The summed E-state index contributed by atoms with van der Waals surface area (Å²) in [6, 6.07) is 13.7. The zero-order valence-corrected chi connectivity index (χ0v) is 25.3. The second-order valence-corrected chi connectivity index (χ2v) is 18.4. The average molecular weight is 586 g/mol. The first-order valence-electron chi connectivity index (χ1n) is 13.2. The van der Waals surface area contributed by atoms with E-state index in [1.807, 2.05) is 54.3 Å². The predicted octanol–water partition coefficient (Wildman–Crippen LogP) is 5.77. The quantitative estimate of drug-likeness (QED) is 0.255. The Morgan fingerprint density at radius 2 is 1.92 bits per heavy atom. The topological polar surface area (TPSA) is 74.2 Å². The summed E-state index contributed by atoms with van der Waals surface area (Å²) in [7, 11) is -1.31. The molecule has 0 unspecified atom stereocenters. The van der Waals surface area contributed by atoms with Crippen molar-refractivity contribution in [3.05, 3.63) is 75.8 Å². The second-order valence-electron chi connectivity index (χ2n) is 11.9. The van der Waals surface area contributed by atoms with Crippen molar-refractivity contribution in [3.63, 3.8) is 0 Å². The van der Waals surface area contributed by atoms with E-state index in [-0.39, 0.29) is 31.0 Å². The number of fused-ring (bicyclic) bond motifs is 3. The predicted molar refractivity (Wildman–Crippen MR) is 159 cm³/mol. The molecule has 2 aromatic rings. The summed E-state index contributed by atoms with van der Waals surface area (Å²) < 4.78 is 6.13. The molecule has 0 saturated carbocycles. The molecule has 7 nitrogen and oxygen atoms in total. The van der Waals surface area contributed by atoms with Crippen LogP contribution in [0, 0.1) is 0 Å². The van der Waals surface area contributed by atoms with Crippen molar-refractivity contribution < 1.29 is 14.3 Å². The number of hydrogen-bond donors (Lipinski definition) is 1. The van der Waals surface area contributed by atoms with Crippen molar-refractivity contribution in [2.75, 3.05) is 24.8 Å². The molecular weight excluding hydrogens is 551 g/mol. The molecule has 3 heterocycles. The van der Waals surface area contributed by atoms with Gasteiger partial charge in [0.1, 0.15) is 24.5 Å². The first-order chi connectivity index (χ1) is 18.4. The molecule has 0 radical (unpaired) electrons. The standard InChI is InChI=1S/C29H34Cl2N4O3Si/c1-18(2)27-29(23(19-7-6-8-20(30)13-19)15-25-32-33-26(36)16-34(25)27)22-10-9-21(31)14-24(22)35(28(29)37)17-38-11-12-39(3,4)5/h6-10,13-14,23,27H,1,11-12,15-17H2,2-5H3,(H,33,36)/t23-,27+,29-/m0/s1. The molecule has 1 saturated heterocycles. The smallest absolute Gasteiger partial charge is 0.259 e. The molecule has 2 amide bonds. The molecule has 2 aromatic carbocycles. The van der Waals surface area contributed by atoms with Gasteiger partial charge in [0.2, 0.25) is 5.91 Å². The van der Waals surface area contributed by atoms with Crippen molar-refractivity contribution in [2.24, 2.45) is 5.10 Å². The van der Waals surface area contributed by atoms with Crippen molar-refractivity contribution in [1.82, 2.24) is 10.3 Å². The fraction of sp³-hybridized carbons (Fsp3) is 0.414. The van der Waals surface area contributed by atoms with Crippen LogP contribution in [-0.4, -0.2) is 56.5 Å². The molecule has 1 spiro atoms. The van der Waals surface area contributed by atoms with Gasteiger partial charge in [-0.15, -0.1) is 0 Å². The number of nitrogens with zero attached hydrogens (tertiary/aromatic N) is 3. The maximum absolute atomic E-state index is 15.0. The van der Waals surface area contributed by atoms with Gasteiger partial charge in [-0.3, -0.25) is 14.5 Å². The van der Waals surface area contributed by atoms with Gasteiger partial charge in [-0.05, 0) is 48.4 Å². The summed E-state index contributed by atoms with van der Waals surface area (Å²) in [4.78, 5) is 31.1. The molecule has 3 aliphatic rings. The number of halogens is 2. The fourth-order valence-electron chi connectivity index (χ4n) is 6.20. The number of ether oxygens (including phenoxy) is 1. The van der Waals surface area contributed by atoms with Crippen LogP contribution in [0.2, 0.25) is 35.7 Å². The Bertz CT molecular complexity index is 1370. The number of rotatable bonds is 7. The highest BCUT2D eigenvalue weighted by atomic mass is 35.5. The van der Waals surface area contributed by atoms with Gasteiger partial charge in [-0.1, -0.05) is 73.2 Å². The minimum absolute atomic E-state index is 0.0866. The van der Waals surface area contributed by atoms with Crippen molar-refractivity contribution in [3.8, 4) is 0 Å². The van der Waals surface area contributed by atoms with Crippen LogP contribution in [0.15, 0.2) is 59.7 Å². The van der Waals surface area contributed by atoms with E-state index in [1.54, 1.807) is 4.90 Å². The van der Waals surface area contributed by atoms with Crippen LogP contribution in [-0.2, 0) is 19.7 Å². The normalized spacial score (nSPS) is 24.4. The molecule has 10 heteroatoms. The zero-order chi connectivity index (χ0) is 28.1. The summed E-state index contributed by atoms with van der Waals surface area (Å²) in [6.07, 6.45) is 0.433. The van der Waals surface area contributed by atoms with E-state index < -0.39 is 19.5 Å². The summed E-state index contributed by atoms with van der Waals surface area (Å²) in [5.41, 5.74) is 4.76. The van der Waals surface area contributed by atoms with E-state index in [0.29, 0.717) is 28.9 Å². The molecule has 39 heavy (non-hydrogen) atoms. The highest BCUT2D eigenvalue weighted by Gasteiger charge is 2.65. The fourth-order valence-corrected chi connectivity index (χ4v) is 7.33. The van der Waals surface area contributed by atoms with Gasteiger partial charge in [0.15, 0.2) is 0 Å². The maximum atomic E-state index is 15.0. The number of piperidine rings is 1. The lowest BCUT2D eigenvalue weighted by molar-refractivity contribution is -0.130. The number of nitrogens with one attached hydrogen (secondary N) is 1. The van der Waals surface area contributed by atoms with Crippen LogP contribution in [0.1, 0.15) is 30.4 Å². The molecule has 0 aliphatic carbocycles. The van der Waals surface area contributed by atoms with Gasteiger partial charge in [-0.2, -0.15) is 5.10 Å². The minimum Gasteiger partial charge on any atom is -0.361 e.